The van der Waals surface area contributed by atoms with E-state index in [4.69, 9.17) is 0 Å². The maximum Gasteiger partial charge on any atom is 0.261 e. The highest BCUT2D eigenvalue weighted by molar-refractivity contribution is 7.17. The predicted octanol–water partition coefficient (Wildman–Crippen LogP) is 5.39. The molecule has 1 aromatic heterocycles. The van der Waals surface area contributed by atoms with Crippen molar-refractivity contribution in [3.05, 3.63) is 46.8 Å². The maximum atomic E-state index is 13.3. The Bertz CT molecular complexity index is 705. The fourth-order valence-electron chi connectivity index (χ4n) is 3.16. The van der Waals surface area contributed by atoms with Gasteiger partial charge in [0, 0.05) is 11.4 Å². The van der Waals surface area contributed by atoms with Gasteiger partial charge in [-0.2, -0.15) is 0 Å². The van der Waals surface area contributed by atoms with Crippen LogP contribution in [0, 0.1) is 17.6 Å². The van der Waals surface area contributed by atoms with E-state index in [0.29, 0.717) is 16.4 Å². The molecule has 2 aromatic rings. The molecule has 5 heteroatoms. The Labute approximate surface area is 144 Å². The third-order valence-corrected chi connectivity index (χ3v) is 5.69. The zero-order valence-corrected chi connectivity index (χ0v) is 14.3. The lowest BCUT2D eigenvalue weighted by Gasteiger charge is -2.14. The lowest BCUT2D eigenvalue weighted by Crippen LogP contribution is -2.28. The van der Waals surface area contributed by atoms with Crippen LogP contribution < -0.4 is 5.32 Å². The molecule has 1 fully saturated rings. The summed E-state index contributed by atoms with van der Waals surface area (Å²) in [6.45, 7) is 0.719. The Morgan fingerprint density at radius 3 is 2.50 bits per heavy atom. The summed E-state index contributed by atoms with van der Waals surface area (Å²) >= 11 is 1.30. The molecule has 0 aliphatic heterocycles. The van der Waals surface area contributed by atoms with Gasteiger partial charge < -0.3 is 5.32 Å². The Hall–Kier alpha value is -1.75. The van der Waals surface area contributed by atoms with Gasteiger partial charge in [-0.25, -0.2) is 8.78 Å². The van der Waals surface area contributed by atoms with Gasteiger partial charge in [-0.05, 0) is 48.6 Å². The number of carbonyl (C=O) groups is 1. The predicted molar refractivity (Wildman–Crippen MR) is 93.2 cm³/mol. The summed E-state index contributed by atoms with van der Waals surface area (Å²) in [4.78, 5) is 13.7. The van der Waals surface area contributed by atoms with Crippen LogP contribution in [0.2, 0.25) is 0 Å². The number of rotatable bonds is 4. The third kappa shape index (κ3) is 4.20. The fourth-order valence-corrected chi connectivity index (χ4v) is 4.08. The minimum atomic E-state index is -0.875. The molecule has 1 aliphatic rings. The molecule has 0 bridgehead atoms. The second kappa shape index (κ2) is 7.88. The zero-order valence-electron chi connectivity index (χ0n) is 13.5. The molecule has 0 spiro atoms. The van der Waals surface area contributed by atoms with Gasteiger partial charge in [-0.3, -0.25) is 4.79 Å². The molecule has 1 aliphatic carbocycles. The molecule has 0 atom stereocenters. The second-order valence-electron chi connectivity index (χ2n) is 6.36. The molecule has 2 nitrogen and oxygen atoms in total. The molecule has 1 amide bonds. The summed E-state index contributed by atoms with van der Waals surface area (Å²) in [5.41, 5.74) is 0.585. The molecule has 0 radical (unpaired) electrons. The first kappa shape index (κ1) is 17.1. The minimum Gasteiger partial charge on any atom is -0.351 e. The average Bonchev–Trinajstić information content (AvgIpc) is 2.93. The normalized spacial score (nSPS) is 15.9. The van der Waals surface area contributed by atoms with Crippen LogP contribution in [0.3, 0.4) is 0 Å². The third-order valence-electron chi connectivity index (χ3n) is 4.56. The fraction of sp³-hybridized carbons (Fsp3) is 0.421. The first-order valence-corrected chi connectivity index (χ1v) is 9.28. The standard InChI is InChI=1S/C19H21F2NOS/c20-15-8-7-14(11-16(15)21)17-9-10-18(24-17)19(23)22-12-13-5-3-1-2-4-6-13/h7-11,13H,1-6,12H2,(H,22,23). The van der Waals surface area contributed by atoms with Crippen molar-refractivity contribution in [2.45, 2.75) is 38.5 Å². The van der Waals surface area contributed by atoms with E-state index >= 15 is 0 Å². The van der Waals surface area contributed by atoms with Gasteiger partial charge in [-0.15, -0.1) is 11.3 Å². The van der Waals surface area contributed by atoms with Crippen LogP contribution in [0.15, 0.2) is 30.3 Å². The van der Waals surface area contributed by atoms with E-state index in [0.717, 1.165) is 23.6 Å². The van der Waals surface area contributed by atoms with E-state index in [1.807, 2.05) is 0 Å². The zero-order chi connectivity index (χ0) is 16.9. The van der Waals surface area contributed by atoms with Crippen LogP contribution in [0.1, 0.15) is 48.2 Å². The number of thiophene rings is 1. The van der Waals surface area contributed by atoms with E-state index in [9.17, 15) is 13.6 Å². The molecular formula is C19H21F2NOS. The van der Waals surface area contributed by atoms with E-state index in [2.05, 4.69) is 5.32 Å². The Kier molecular flexibility index (Phi) is 5.61. The van der Waals surface area contributed by atoms with Crippen LogP contribution in [-0.4, -0.2) is 12.5 Å². The number of carbonyl (C=O) groups excluding carboxylic acids is 1. The van der Waals surface area contributed by atoms with Gasteiger partial charge in [0.2, 0.25) is 0 Å². The average molecular weight is 349 g/mol. The Morgan fingerprint density at radius 1 is 1.04 bits per heavy atom. The van der Waals surface area contributed by atoms with Crippen molar-refractivity contribution < 1.29 is 13.6 Å². The first-order chi connectivity index (χ1) is 11.6. The molecule has 3 rings (SSSR count). The van der Waals surface area contributed by atoms with Gasteiger partial charge >= 0.3 is 0 Å². The summed E-state index contributed by atoms with van der Waals surface area (Å²) < 4.78 is 26.4. The van der Waals surface area contributed by atoms with Gasteiger partial charge in [0.15, 0.2) is 11.6 Å². The summed E-state index contributed by atoms with van der Waals surface area (Å²) in [6.07, 6.45) is 7.47. The molecular weight excluding hydrogens is 328 g/mol. The van der Waals surface area contributed by atoms with E-state index in [1.165, 1.54) is 55.9 Å². The van der Waals surface area contributed by atoms with Crippen molar-refractivity contribution in [1.82, 2.24) is 5.32 Å². The van der Waals surface area contributed by atoms with Crippen LogP contribution in [0.5, 0.6) is 0 Å². The highest BCUT2D eigenvalue weighted by Crippen LogP contribution is 2.29. The van der Waals surface area contributed by atoms with Crippen molar-refractivity contribution in [3.8, 4) is 10.4 Å². The molecule has 0 saturated heterocycles. The monoisotopic (exact) mass is 349 g/mol. The maximum absolute atomic E-state index is 13.3. The van der Waals surface area contributed by atoms with E-state index < -0.39 is 11.6 Å². The van der Waals surface area contributed by atoms with Crippen molar-refractivity contribution >= 4 is 17.2 Å². The molecule has 1 N–H and O–H groups in total. The van der Waals surface area contributed by atoms with Gasteiger partial charge in [0.05, 0.1) is 4.88 Å². The number of amides is 1. The van der Waals surface area contributed by atoms with Crippen molar-refractivity contribution in [2.24, 2.45) is 5.92 Å². The van der Waals surface area contributed by atoms with Gasteiger partial charge in [0.25, 0.3) is 5.91 Å². The summed E-state index contributed by atoms with van der Waals surface area (Å²) in [5.74, 6) is -1.25. The smallest absolute Gasteiger partial charge is 0.261 e. The lowest BCUT2D eigenvalue weighted by atomic mass is 10.0. The van der Waals surface area contributed by atoms with Crippen LogP contribution >= 0.6 is 11.3 Å². The van der Waals surface area contributed by atoms with Crippen LogP contribution in [0.25, 0.3) is 10.4 Å². The molecule has 1 aromatic carbocycles. The van der Waals surface area contributed by atoms with E-state index in [1.54, 1.807) is 12.1 Å². The van der Waals surface area contributed by atoms with Gasteiger partial charge in [-0.1, -0.05) is 31.7 Å². The largest absolute Gasteiger partial charge is 0.351 e. The molecule has 128 valence electrons. The minimum absolute atomic E-state index is 0.0851. The van der Waals surface area contributed by atoms with Crippen molar-refractivity contribution in [2.75, 3.05) is 6.54 Å². The van der Waals surface area contributed by atoms with Crippen LogP contribution in [-0.2, 0) is 0 Å². The number of hydrogen-bond acceptors (Lipinski definition) is 2. The molecule has 0 unspecified atom stereocenters. The Morgan fingerprint density at radius 2 is 1.79 bits per heavy atom. The number of halogens is 2. The van der Waals surface area contributed by atoms with Crippen molar-refractivity contribution in [1.29, 1.82) is 0 Å². The lowest BCUT2D eigenvalue weighted by molar-refractivity contribution is 0.0950. The summed E-state index contributed by atoms with van der Waals surface area (Å²) in [7, 11) is 0. The van der Waals surface area contributed by atoms with Crippen molar-refractivity contribution in [3.63, 3.8) is 0 Å². The molecule has 24 heavy (non-hydrogen) atoms. The molecule has 1 saturated carbocycles. The van der Waals surface area contributed by atoms with Crippen LogP contribution in [0.4, 0.5) is 8.78 Å². The van der Waals surface area contributed by atoms with Gasteiger partial charge in [0.1, 0.15) is 0 Å². The molecule has 1 heterocycles. The highest BCUT2D eigenvalue weighted by Gasteiger charge is 2.15. The summed E-state index contributed by atoms with van der Waals surface area (Å²) in [5, 5.41) is 3.02. The number of benzene rings is 1. The summed E-state index contributed by atoms with van der Waals surface area (Å²) in [6, 6.07) is 7.31. The second-order valence-corrected chi connectivity index (χ2v) is 7.44. The first-order valence-electron chi connectivity index (χ1n) is 8.47. The number of hydrogen-bond donors (Lipinski definition) is 1. The highest BCUT2D eigenvalue weighted by atomic mass is 32.1. The topological polar surface area (TPSA) is 29.1 Å². The number of nitrogens with one attached hydrogen (secondary N) is 1. The SMILES string of the molecule is O=C(NCC1CCCCCC1)c1ccc(-c2ccc(F)c(F)c2)s1. The Balaban J connectivity index is 1.61. The quantitative estimate of drug-likeness (QED) is 0.736. The van der Waals surface area contributed by atoms with E-state index in [-0.39, 0.29) is 5.91 Å².